The van der Waals surface area contributed by atoms with Gasteiger partial charge in [0, 0.05) is 7.05 Å². The van der Waals surface area contributed by atoms with Gasteiger partial charge < -0.3 is 14.2 Å². The van der Waals surface area contributed by atoms with E-state index in [0.717, 1.165) is 9.13 Å². The number of methoxy groups -OCH3 is 2. The fourth-order valence-electron chi connectivity index (χ4n) is 2.84. The van der Waals surface area contributed by atoms with Gasteiger partial charge in [0.25, 0.3) is 5.91 Å². The number of likely N-dealkylation sites (N-methyl/N-ethyl adjacent to an activating group) is 1. The lowest BCUT2D eigenvalue weighted by atomic mass is 10.2. The molecule has 1 fully saturated rings. The Kier molecular flexibility index (Phi) is 7.60. The third-order valence-electron chi connectivity index (χ3n) is 4.35. The molecule has 2 aromatic carbocycles. The summed E-state index contributed by atoms with van der Waals surface area (Å²) in [6.07, 6.45) is 1.82. The Morgan fingerprint density at radius 3 is 2.55 bits per heavy atom. The number of nitrogens with zero attached hydrogens (tertiary/aromatic N) is 2. The van der Waals surface area contributed by atoms with Crippen LogP contribution in [0.5, 0.6) is 11.5 Å². The fourth-order valence-corrected chi connectivity index (χ4v) is 4.67. The van der Waals surface area contributed by atoms with E-state index in [4.69, 9.17) is 14.2 Å². The Morgan fingerprint density at radius 2 is 1.94 bits per heavy atom. The second-order valence-corrected chi connectivity index (χ2v) is 8.55. The zero-order chi connectivity index (χ0) is 22.5. The summed E-state index contributed by atoms with van der Waals surface area (Å²) in [5, 5.41) is 0.551. The molecule has 0 spiro atoms. The Labute approximate surface area is 198 Å². The summed E-state index contributed by atoms with van der Waals surface area (Å²) in [5.41, 5.74) is 1.91. The molecular formula is C22H21IN2O5S. The van der Waals surface area contributed by atoms with Crippen LogP contribution in [0.2, 0.25) is 0 Å². The van der Waals surface area contributed by atoms with Gasteiger partial charge >= 0.3 is 5.97 Å². The van der Waals surface area contributed by atoms with Crippen LogP contribution in [0.4, 0.5) is 5.69 Å². The number of amidine groups is 1. The number of carbonyl (C=O) groups is 2. The molecule has 1 saturated heterocycles. The lowest BCUT2D eigenvalue weighted by molar-refractivity contribution is -0.121. The van der Waals surface area contributed by atoms with Gasteiger partial charge in [0.1, 0.15) is 0 Å². The minimum Gasteiger partial charge on any atom is -0.492 e. The first-order valence-electron chi connectivity index (χ1n) is 9.33. The first kappa shape index (κ1) is 23.1. The molecule has 0 aromatic heterocycles. The third-order valence-corrected chi connectivity index (χ3v) is 6.21. The van der Waals surface area contributed by atoms with Gasteiger partial charge in [0.15, 0.2) is 16.7 Å². The van der Waals surface area contributed by atoms with E-state index in [9.17, 15) is 9.59 Å². The van der Waals surface area contributed by atoms with E-state index in [1.165, 1.54) is 23.8 Å². The van der Waals surface area contributed by atoms with Crippen molar-refractivity contribution >= 4 is 63.2 Å². The molecule has 9 heteroatoms. The number of hydrogen-bond acceptors (Lipinski definition) is 7. The average Bonchev–Trinajstić information content (AvgIpc) is 3.01. The van der Waals surface area contributed by atoms with Crippen molar-refractivity contribution in [2.45, 2.75) is 6.92 Å². The molecule has 0 radical (unpaired) electrons. The van der Waals surface area contributed by atoms with Crippen molar-refractivity contribution in [3.05, 3.63) is 56.0 Å². The number of thioether (sulfide) groups is 1. The van der Waals surface area contributed by atoms with E-state index in [0.29, 0.717) is 39.4 Å². The number of rotatable bonds is 6. The van der Waals surface area contributed by atoms with Crippen molar-refractivity contribution < 1.29 is 23.8 Å². The van der Waals surface area contributed by atoms with Crippen LogP contribution in [-0.2, 0) is 9.53 Å². The lowest BCUT2D eigenvalue weighted by Crippen LogP contribution is -2.23. The maximum atomic E-state index is 12.7. The highest BCUT2D eigenvalue weighted by atomic mass is 127. The van der Waals surface area contributed by atoms with Crippen molar-refractivity contribution in [1.29, 1.82) is 0 Å². The largest absolute Gasteiger partial charge is 0.492 e. The summed E-state index contributed by atoms with van der Waals surface area (Å²) in [4.78, 5) is 30.9. The fraction of sp³-hybridized carbons (Fsp3) is 0.227. The third kappa shape index (κ3) is 5.21. The Morgan fingerprint density at radius 1 is 1.23 bits per heavy atom. The second kappa shape index (κ2) is 10.2. The first-order chi connectivity index (χ1) is 14.9. The molecule has 0 bridgehead atoms. The molecule has 1 heterocycles. The van der Waals surface area contributed by atoms with Crippen LogP contribution < -0.4 is 9.47 Å². The summed E-state index contributed by atoms with van der Waals surface area (Å²) >= 11 is 3.47. The van der Waals surface area contributed by atoms with Crippen LogP contribution in [0.25, 0.3) is 6.08 Å². The van der Waals surface area contributed by atoms with Crippen LogP contribution in [-0.4, -0.2) is 49.8 Å². The van der Waals surface area contributed by atoms with Gasteiger partial charge in [-0.25, -0.2) is 9.79 Å². The van der Waals surface area contributed by atoms with Crippen LogP contribution in [0.1, 0.15) is 22.8 Å². The minimum absolute atomic E-state index is 0.140. The van der Waals surface area contributed by atoms with E-state index < -0.39 is 5.97 Å². The number of amides is 1. The molecule has 2 aromatic rings. The SMILES string of the molecule is CCOc1cc(C=C2SC(=Nc3ccc(C(=O)OC)cc3)N(C)C2=O)cc(I)c1OC. The van der Waals surface area contributed by atoms with Crippen molar-refractivity contribution in [3.8, 4) is 11.5 Å². The molecule has 0 unspecified atom stereocenters. The molecule has 1 aliphatic heterocycles. The molecule has 0 N–H and O–H groups in total. The van der Waals surface area contributed by atoms with Gasteiger partial charge in [-0.2, -0.15) is 0 Å². The summed E-state index contributed by atoms with van der Waals surface area (Å²) in [6.45, 7) is 2.41. The highest BCUT2D eigenvalue weighted by molar-refractivity contribution is 14.1. The summed E-state index contributed by atoms with van der Waals surface area (Å²) in [7, 11) is 4.62. The summed E-state index contributed by atoms with van der Waals surface area (Å²) in [6, 6.07) is 10.5. The molecule has 1 aliphatic rings. The topological polar surface area (TPSA) is 77.4 Å². The van der Waals surface area contributed by atoms with Crippen LogP contribution >= 0.6 is 34.4 Å². The molecular weight excluding hydrogens is 531 g/mol. The minimum atomic E-state index is -0.410. The standard InChI is InChI=1S/C22H21IN2O5S/c1-5-30-17-11-13(10-16(23)19(17)28-3)12-18-20(26)25(2)22(31-18)24-15-8-6-14(7-9-15)21(27)29-4/h6-12H,5H2,1-4H3. The number of esters is 1. The molecule has 0 saturated carbocycles. The summed E-state index contributed by atoms with van der Waals surface area (Å²) in [5.74, 6) is 0.753. The highest BCUT2D eigenvalue weighted by Gasteiger charge is 2.30. The van der Waals surface area contributed by atoms with Crippen molar-refractivity contribution in [2.24, 2.45) is 4.99 Å². The maximum absolute atomic E-state index is 12.7. The Hall–Kier alpha value is -2.53. The van der Waals surface area contributed by atoms with Crippen molar-refractivity contribution in [1.82, 2.24) is 4.90 Å². The van der Waals surface area contributed by atoms with Gasteiger partial charge in [-0.05, 0) is 89.3 Å². The zero-order valence-electron chi connectivity index (χ0n) is 17.5. The highest BCUT2D eigenvalue weighted by Crippen LogP contribution is 2.37. The molecule has 0 aliphatic carbocycles. The van der Waals surface area contributed by atoms with E-state index >= 15 is 0 Å². The van der Waals surface area contributed by atoms with E-state index in [2.05, 4.69) is 27.6 Å². The molecule has 162 valence electrons. The quantitative estimate of drug-likeness (QED) is 0.294. The Bertz CT molecular complexity index is 1070. The molecule has 3 rings (SSSR count). The van der Waals surface area contributed by atoms with Crippen molar-refractivity contribution in [2.75, 3.05) is 27.9 Å². The first-order valence-corrected chi connectivity index (χ1v) is 11.2. The number of carbonyl (C=O) groups excluding carboxylic acids is 2. The second-order valence-electron chi connectivity index (χ2n) is 6.37. The number of halogens is 1. The molecule has 1 amide bonds. The monoisotopic (exact) mass is 552 g/mol. The smallest absolute Gasteiger partial charge is 0.337 e. The van der Waals surface area contributed by atoms with E-state index in [-0.39, 0.29) is 5.91 Å². The Balaban J connectivity index is 1.88. The summed E-state index contributed by atoms with van der Waals surface area (Å²) < 4.78 is 16.7. The van der Waals surface area contributed by atoms with E-state index in [1.54, 1.807) is 38.4 Å². The van der Waals surface area contributed by atoms with Gasteiger partial charge in [0.2, 0.25) is 0 Å². The predicted molar refractivity (Wildman–Crippen MR) is 130 cm³/mol. The van der Waals surface area contributed by atoms with E-state index in [1.807, 2.05) is 25.1 Å². The maximum Gasteiger partial charge on any atom is 0.337 e. The zero-order valence-corrected chi connectivity index (χ0v) is 20.4. The van der Waals surface area contributed by atoms with Crippen LogP contribution in [0, 0.1) is 3.57 Å². The van der Waals surface area contributed by atoms with Crippen molar-refractivity contribution in [3.63, 3.8) is 0 Å². The lowest BCUT2D eigenvalue weighted by Gasteiger charge is -2.12. The normalized spacial score (nSPS) is 16.2. The van der Waals surface area contributed by atoms with Gasteiger partial charge in [-0.1, -0.05) is 0 Å². The molecule has 0 atom stereocenters. The predicted octanol–water partition coefficient (Wildman–Crippen LogP) is 4.72. The average molecular weight is 552 g/mol. The van der Waals surface area contributed by atoms with Gasteiger partial charge in [-0.3, -0.25) is 9.69 Å². The number of hydrogen-bond donors (Lipinski definition) is 0. The molecule has 7 nitrogen and oxygen atoms in total. The number of ether oxygens (including phenoxy) is 3. The van der Waals surface area contributed by atoms with Crippen LogP contribution in [0.15, 0.2) is 46.3 Å². The van der Waals surface area contributed by atoms with Crippen LogP contribution in [0.3, 0.4) is 0 Å². The van der Waals surface area contributed by atoms with Gasteiger partial charge in [0.05, 0.1) is 40.6 Å². The number of benzene rings is 2. The number of aliphatic imine (C=N–C) groups is 1. The van der Waals surface area contributed by atoms with Gasteiger partial charge in [-0.15, -0.1) is 0 Å². The molecule has 31 heavy (non-hydrogen) atoms.